The predicted molar refractivity (Wildman–Crippen MR) is 122 cm³/mol. The number of aromatic hydroxyl groups is 1. The van der Waals surface area contributed by atoms with Crippen LogP contribution in [0, 0.1) is 17.2 Å². The van der Waals surface area contributed by atoms with Crippen molar-refractivity contribution >= 4 is 12.0 Å². The molecule has 3 aromatic carbocycles. The lowest BCUT2D eigenvalue weighted by Crippen LogP contribution is -2.05. The van der Waals surface area contributed by atoms with Crippen LogP contribution in [0.5, 0.6) is 5.75 Å². The van der Waals surface area contributed by atoms with Crippen LogP contribution in [0.4, 0.5) is 0 Å². The number of benzene rings is 3. The van der Waals surface area contributed by atoms with E-state index >= 15 is 0 Å². The van der Waals surface area contributed by atoms with E-state index in [1.54, 1.807) is 24.3 Å². The number of esters is 1. The lowest BCUT2D eigenvalue weighted by atomic mass is 9.91. The van der Waals surface area contributed by atoms with Crippen molar-refractivity contribution in [2.45, 2.75) is 19.3 Å². The molecular formula is C27H25NO3. The Bertz CT molecular complexity index is 1080. The van der Waals surface area contributed by atoms with Crippen molar-refractivity contribution in [3.05, 3.63) is 107 Å². The van der Waals surface area contributed by atoms with Gasteiger partial charge in [0.25, 0.3) is 0 Å². The van der Waals surface area contributed by atoms with E-state index in [2.05, 4.69) is 12.1 Å². The number of nitrogens with zero attached hydrogens (tertiary/aromatic N) is 1. The topological polar surface area (TPSA) is 70.3 Å². The number of nitriles is 1. The molecule has 0 radical (unpaired) electrons. The molecule has 0 spiro atoms. The summed E-state index contributed by atoms with van der Waals surface area (Å²) in [7, 11) is 1.37. The third-order valence-corrected chi connectivity index (χ3v) is 5.24. The number of methoxy groups -OCH3 is 1. The van der Waals surface area contributed by atoms with E-state index in [0.717, 1.165) is 30.4 Å². The fourth-order valence-corrected chi connectivity index (χ4v) is 3.43. The van der Waals surface area contributed by atoms with Crippen molar-refractivity contribution < 1.29 is 14.6 Å². The van der Waals surface area contributed by atoms with Crippen LogP contribution < -0.4 is 0 Å². The van der Waals surface area contributed by atoms with E-state index in [1.165, 1.54) is 12.7 Å². The number of allylic oxidation sites excluding steroid dienone is 1. The summed E-state index contributed by atoms with van der Waals surface area (Å²) in [5.74, 6) is 0.148. The van der Waals surface area contributed by atoms with Crippen LogP contribution in [0.1, 0.15) is 39.0 Å². The molecule has 3 rings (SSSR count). The first kappa shape index (κ1) is 21.9. The first-order valence-electron chi connectivity index (χ1n) is 10.2. The fraction of sp³-hybridized carbons (Fsp3) is 0.185. The highest BCUT2D eigenvalue weighted by molar-refractivity contribution is 5.89. The molecule has 0 aliphatic rings. The van der Waals surface area contributed by atoms with Crippen LogP contribution in [0.3, 0.4) is 0 Å². The zero-order valence-electron chi connectivity index (χ0n) is 17.5. The maximum atomic E-state index is 11.7. The number of phenols is 1. The van der Waals surface area contributed by atoms with Gasteiger partial charge in [-0.3, -0.25) is 0 Å². The number of para-hydroxylation sites is 1. The Kier molecular flexibility index (Phi) is 7.61. The first-order chi connectivity index (χ1) is 15.1. The predicted octanol–water partition coefficient (Wildman–Crippen LogP) is 5.56. The summed E-state index contributed by atoms with van der Waals surface area (Å²) < 4.78 is 4.77. The van der Waals surface area contributed by atoms with Crippen LogP contribution >= 0.6 is 0 Å². The van der Waals surface area contributed by atoms with Gasteiger partial charge in [0.05, 0.1) is 24.3 Å². The molecule has 0 aromatic heterocycles. The number of phenolic OH excluding ortho intramolecular Hbond substituents is 1. The van der Waals surface area contributed by atoms with Gasteiger partial charge in [-0.05, 0) is 66.6 Å². The minimum atomic E-state index is -0.344. The number of aryl methyl sites for hydroxylation is 1. The number of carbonyl (C=O) groups is 1. The molecule has 1 atom stereocenters. The van der Waals surface area contributed by atoms with Crippen molar-refractivity contribution in [3.63, 3.8) is 0 Å². The second kappa shape index (κ2) is 10.8. The summed E-state index contributed by atoms with van der Waals surface area (Å²) in [6, 6.07) is 24.6. The van der Waals surface area contributed by atoms with Gasteiger partial charge in [0.15, 0.2) is 0 Å². The molecule has 1 N–H and O–H groups in total. The highest BCUT2D eigenvalue weighted by Crippen LogP contribution is 2.22. The summed E-state index contributed by atoms with van der Waals surface area (Å²) in [4.78, 5) is 11.7. The lowest BCUT2D eigenvalue weighted by Gasteiger charge is -2.14. The Morgan fingerprint density at radius 1 is 1.03 bits per heavy atom. The van der Waals surface area contributed by atoms with E-state index in [1.807, 2.05) is 54.6 Å². The first-order valence-corrected chi connectivity index (χ1v) is 10.2. The number of carbonyl (C=O) groups excluding carboxylic acids is 1. The Balaban J connectivity index is 1.75. The summed E-state index contributed by atoms with van der Waals surface area (Å²) in [5, 5.41) is 19.0. The van der Waals surface area contributed by atoms with Gasteiger partial charge in [-0.25, -0.2) is 4.79 Å². The van der Waals surface area contributed by atoms with Crippen molar-refractivity contribution in [3.8, 4) is 11.8 Å². The third kappa shape index (κ3) is 6.32. The molecular weight excluding hydrogens is 386 g/mol. The van der Waals surface area contributed by atoms with Gasteiger partial charge in [0, 0.05) is 5.56 Å². The maximum Gasteiger partial charge on any atom is 0.337 e. The molecule has 31 heavy (non-hydrogen) atoms. The number of hydrogen-bond donors (Lipinski definition) is 1. The van der Waals surface area contributed by atoms with E-state index in [9.17, 15) is 9.90 Å². The van der Waals surface area contributed by atoms with Gasteiger partial charge in [-0.1, -0.05) is 54.6 Å². The third-order valence-electron chi connectivity index (χ3n) is 5.24. The molecule has 0 heterocycles. The van der Waals surface area contributed by atoms with Crippen LogP contribution in [0.15, 0.2) is 78.9 Å². The standard InChI is InChI=1S/C27H25NO3/c1-31-27(30)25-16-13-22(14-17-25)18-21(12-15-24-4-2-3-5-26(24)29)9-6-20-7-10-23(19-28)11-8-20/h2-5,7-8,10-17,21,29H,6,9,18H2,1H3. The van der Waals surface area contributed by atoms with Crippen LogP contribution in [-0.2, 0) is 17.6 Å². The second-order valence-corrected chi connectivity index (χ2v) is 7.42. The van der Waals surface area contributed by atoms with Crippen LogP contribution in [-0.4, -0.2) is 18.2 Å². The van der Waals surface area contributed by atoms with E-state index < -0.39 is 0 Å². The average Bonchev–Trinajstić information content (AvgIpc) is 2.82. The summed E-state index contributed by atoms with van der Waals surface area (Å²) in [5.41, 5.74) is 4.28. The quantitative estimate of drug-likeness (QED) is 0.493. The average molecular weight is 412 g/mol. The van der Waals surface area contributed by atoms with Gasteiger partial charge in [-0.15, -0.1) is 0 Å². The Labute approximate surface area is 183 Å². The van der Waals surface area contributed by atoms with Crippen LogP contribution in [0.2, 0.25) is 0 Å². The Hall–Kier alpha value is -3.84. The van der Waals surface area contributed by atoms with Crippen molar-refractivity contribution in [2.75, 3.05) is 7.11 Å². The van der Waals surface area contributed by atoms with Crippen LogP contribution in [0.25, 0.3) is 6.08 Å². The molecule has 0 saturated carbocycles. The minimum absolute atomic E-state index is 0.235. The molecule has 0 fully saturated rings. The van der Waals surface area contributed by atoms with E-state index in [4.69, 9.17) is 10.00 Å². The molecule has 0 bridgehead atoms. The van der Waals surface area contributed by atoms with E-state index in [-0.39, 0.29) is 17.6 Å². The molecule has 1 unspecified atom stereocenters. The summed E-state index contributed by atoms with van der Waals surface area (Å²) >= 11 is 0. The largest absolute Gasteiger partial charge is 0.507 e. The Morgan fingerprint density at radius 3 is 2.35 bits per heavy atom. The van der Waals surface area contributed by atoms with Gasteiger partial charge < -0.3 is 9.84 Å². The minimum Gasteiger partial charge on any atom is -0.507 e. The molecule has 4 heteroatoms. The molecule has 0 aliphatic carbocycles. The highest BCUT2D eigenvalue weighted by atomic mass is 16.5. The van der Waals surface area contributed by atoms with Crippen molar-refractivity contribution in [1.29, 1.82) is 5.26 Å². The Morgan fingerprint density at radius 2 is 1.71 bits per heavy atom. The highest BCUT2D eigenvalue weighted by Gasteiger charge is 2.10. The number of rotatable bonds is 8. The number of hydrogen-bond acceptors (Lipinski definition) is 4. The smallest absolute Gasteiger partial charge is 0.337 e. The zero-order chi connectivity index (χ0) is 22.1. The van der Waals surface area contributed by atoms with Crippen molar-refractivity contribution in [1.82, 2.24) is 0 Å². The van der Waals surface area contributed by atoms with Gasteiger partial charge in [-0.2, -0.15) is 5.26 Å². The molecule has 0 amide bonds. The SMILES string of the molecule is COC(=O)c1ccc(CC(C=Cc2ccccc2O)CCc2ccc(C#N)cc2)cc1. The molecule has 156 valence electrons. The number of ether oxygens (including phenoxy) is 1. The van der Waals surface area contributed by atoms with Gasteiger partial charge in [0.2, 0.25) is 0 Å². The summed E-state index contributed by atoms with van der Waals surface area (Å²) in [6.07, 6.45) is 6.69. The van der Waals surface area contributed by atoms with Gasteiger partial charge >= 0.3 is 5.97 Å². The fourth-order valence-electron chi connectivity index (χ4n) is 3.43. The molecule has 4 nitrogen and oxygen atoms in total. The van der Waals surface area contributed by atoms with E-state index in [0.29, 0.717) is 11.1 Å². The normalized spacial score (nSPS) is 11.7. The van der Waals surface area contributed by atoms with Crippen molar-refractivity contribution in [2.24, 2.45) is 5.92 Å². The molecule has 0 saturated heterocycles. The summed E-state index contributed by atoms with van der Waals surface area (Å²) in [6.45, 7) is 0. The zero-order valence-corrected chi connectivity index (χ0v) is 17.5. The molecule has 0 aliphatic heterocycles. The second-order valence-electron chi connectivity index (χ2n) is 7.42. The van der Waals surface area contributed by atoms with Gasteiger partial charge in [0.1, 0.15) is 5.75 Å². The molecule has 3 aromatic rings. The monoisotopic (exact) mass is 411 g/mol. The maximum absolute atomic E-state index is 11.7. The lowest BCUT2D eigenvalue weighted by molar-refractivity contribution is 0.0600.